The summed E-state index contributed by atoms with van der Waals surface area (Å²) in [5, 5.41) is 2.83. The third-order valence-electron chi connectivity index (χ3n) is 3.12. The van der Waals surface area contributed by atoms with E-state index in [0.29, 0.717) is 17.0 Å². The smallest absolute Gasteiger partial charge is 0.259 e. The average molecular weight is 317 g/mol. The van der Waals surface area contributed by atoms with Gasteiger partial charge in [-0.2, -0.15) is 0 Å². The van der Waals surface area contributed by atoms with E-state index in [1.54, 1.807) is 31.1 Å². The largest absolute Gasteiger partial charge is 0.496 e. The van der Waals surface area contributed by atoms with E-state index in [1.165, 1.54) is 0 Å². The molecule has 0 saturated carbocycles. The standard InChI is InChI=1S/C16H19N3O2S/c1-19(2)15-8-5-11(10-17-15)18-16(20)13-7-6-12(22-4)9-14(13)21-3/h5-10H,1-4H3,(H,18,20). The van der Waals surface area contributed by atoms with E-state index in [9.17, 15) is 4.79 Å². The minimum atomic E-state index is -0.219. The summed E-state index contributed by atoms with van der Waals surface area (Å²) in [4.78, 5) is 19.6. The molecule has 0 fully saturated rings. The Kier molecular flexibility index (Phi) is 5.27. The minimum absolute atomic E-state index is 0.219. The van der Waals surface area contributed by atoms with Crippen molar-refractivity contribution in [2.45, 2.75) is 4.90 Å². The van der Waals surface area contributed by atoms with Crippen LogP contribution in [0.15, 0.2) is 41.4 Å². The number of nitrogens with zero attached hydrogens (tertiary/aromatic N) is 2. The molecule has 1 heterocycles. The highest BCUT2D eigenvalue weighted by atomic mass is 32.2. The van der Waals surface area contributed by atoms with Crippen molar-refractivity contribution >= 4 is 29.2 Å². The molecule has 22 heavy (non-hydrogen) atoms. The Hall–Kier alpha value is -2.21. The van der Waals surface area contributed by atoms with Gasteiger partial charge < -0.3 is 15.0 Å². The maximum atomic E-state index is 12.4. The number of rotatable bonds is 5. The lowest BCUT2D eigenvalue weighted by atomic mass is 10.2. The van der Waals surface area contributed by atoms with Crippen LogP contribution in [0, 0.1) is 0 Å². The van der Waals surface area contributed by atoms with Crippen molar-refractivity contribution in [1.82, 2.24) is 4.98 Å². The van der Waals surface area contributed by atoms with Gasteiger partial charge in [-0.25, -0.2) is 4.98 Å². The number of ether oxygens (including phenoxy) is 1. The first-order chi connectivity index (χ1) is 10.5. The second-order valence-electron chi connectivity index (χ2n) is 4.82. The summed E-state index contributed by atoms with van der Waals surface area (Å²) < 4.78 is 5.30. The van der Waals surface area contributed by atoms with Crippen LogP contribution in [0.5, 0.6) is 5.75 Å². The Balaban J connectivity index is 2.18. The number of nitrogens with one attached hydrogen (secondary N) is 1. The summed E-state index contributed by atoms with van der Waals surface area (Å²) in [5.74, 6) is 1.17. The average Bonchev–Trinajstić information content (AvgIpc) is 2.54. The van der Waals surface area contributed by atoms with Gasteiger partial charge in [0.1, 0.15) is 11.6 Å². The Morgan fingerprint density at radius 1 is 1.27 bits per heavy atom. The summed E-state index contributed by atoms with van der Waals surface area (Å²) >= 11 is 1.60. The van der Waals surface area contributed by atoms with Gasteiger partial charge in [-0.15, -0.1) is 11.8 Å². The topological polar surface area (TPSA) is 54.5 Å². The quantitative estimate of drug-likeness (QED) is 0.859. The number of hydrogen-bond acceptors (Lipinski definition) is 5. The number of carbonyl (C=O) groups is 1. The van der Waals surface area contributed by atoms with Crippen molar-refractivity contribution in [3.8, 4) is 5.75 Å². The molecule has 1 N–H and O–H groups in total. The molecule has 6 heteroatoms. The summed E-state index contributed by atoms with van der Waals surface area (Å²) in [6.07, 6.45) is 3.61. The molecule has 0 atom stereocenters. The van der Waals surface area contributed by atoms with E-state index in [2.05, 4.69) is 10.3 Å². The molecule has 0 aliphatic heterocycles. The highest BCUT2D eigenvalue weighted by Gasteiger charge is 2.13. The number of thioether (sulfide) groups is 1. The van der Waals surface area contributed by atoms with Crippen LogP contribution in [0.2, 0.25) is 0 Å². The molecule has 1 aromatic carbocycles. The van der Waals surface area contributed by atoms with E-state index in [-0.39, 0.29) is 5.91 Å². The fourth-order valence-electron chi connectivity index (χ4n) is 1.91. The molecule has 0 saturated heterocycles. The summed E-state index contributed by atoms with van der Waals surface area (Å²) in [6.45, 7) is 0. The molecule has 0 bridgehead atoms. The molecule has 116 valence electrons. The maximum Gasteiger partial charge on any atom is 0.259 e. The molecule has 2 aromatic rings. The van der Waals surface area contributed by atoms with Crippen molar-refractivity contribution in [2.75, 3.05) is 37.7 Å². The van der Waals surface area contributed by atoms with Gasteiger partial charge in [-0.1, -0.05) is 0 Å². The van der Waals surface area contributed by atoms with Gasteiger partial charge in [0.05, 0.1) is 24.6 Å². The van der Waals surface area contributed by atoms with Crippen LogP contribution < -0.4 is 15.0 Å². The Labute approximate surface area is 134 Å². The van der Waals surface area contributed by atoms with Gasteiger partial charge in [0.2, 0.25) is 0 Å². The minimum Gasteiger partial charge on any atom is -0.496 e. The Morgan fingerprint density at radius 3 is 2.59 bits per heavy atom. The van der Waals surface area contributed by atoms with Crippen molar-refractivity contribution < 1.29 is 9.53 Å². The first-order valence-corrected chi connectivity index (χ1v) is 7.94. The van der Waals surface area contributed by atoms with E-state index in [0.717, 1.165) is 10.7 Å². The van der Waals surface area contributed by atoms with E-state index < -0.39 is 0 Å². The second kappa shape index (κ2) is 7.17. The zero-order valence-electron chi connectivity index (χ0n) is 13.1. The first-order valence-electron chi connectivity index (χ1n) is 6.72. The molecule has 0 aliphatic rings. The van der Waals surface area contributed by atoms with Crippen molar-refractivity contribution in [3.63, 3.8) is 0 Å². The van der Waals surface area contributed by atoms with Crippen LogP contribution in [0.25, 0.3) is 0 Å². The van der Waals surface area contributed by atoms with Gasteiger partial charge in [0.25, 0.3) is 5.91 Å². The SMILES string of the molecule is COc1cc(SC)ccc1C(=O)Nc1ccc(N(C)C)nc1. The predicted octanol–water partition coefficient (Wildman–Crippen LogP) is 3.13. The lowest BCUT2D eigenvalue weighted by Gasteiger charge is -2.13. The number of benzene rings is 1. The number of methoxy groups -OCH3 is 1. The number of hydrogen-bond donors (Lipinski definition) is 1. The second-order valence-corrected chi connectivity index (χ2v) is 5.70. The van der Waals surface area contributed by atoms with Gasteiger partial charge in [-0.3, -0.25) is 4.79 Å². The Morgan fingerprint density at radius 2 is 2.05 bits per heavy atom. The number of anilines is 2. The molecule has 0 aliphatic carbocycles. The fraction of sp³-hybridized carbons (Fsp3) is 0.250. The van der Waals surface area contributed by atoms with Crippen molar-refractivity contribution in [1.29, 1.82) is 0 Å². The summed E-state index contributed by atoms with van der Waals surface area (Å²) in [6, 6.07) is 9.19. The summed E-state index contributed by atoms with van der Waals surface area (Å²) in [7, 11) is 5.39. The predicted molar refractivity (Wildman–Crippen MR) is 91.3 cm³/mol. The van der Waals surface area contributed by atoms with Crippen LogP contribution in [0.1, 0.15) is 10.4 Å². The lowest BCUT2D eigenvalue weighted by Crippen LogP contribution is -2.14. The van der Waals surface area contributed by atoms with Crippen molar-refractivity contribution in [3.05, 3.63) is 42.1 Å². The maximum absolute atomic E-state index is 12.4. The van der Waals surface area contributed by atoms with Gasteiger partial charge in [0.15, 0.2) is 0 Å². The molecule has 0 spiro atoms. The number of pyridine rings is 1. The van der Waals surface area contributed by atoms with Gasteiger partial charge in [-0.05, 0) is 36.6 Å². The highest BCUT2D eigenvalue weighted by molar-refractivity contribution is 7.98. The van der Waals surface area contributed by atoms with Crippen LogP contribution in [-0.4, -0.2) is 38.4 Å². The number of amides is 1. The fourth-order valence-corrected chi connectivity index (χ4v) is 2.34. The zero-order valence-corrected chi connectivity index (χ0v) is 13.9. The molecular weight excluding hydrogens is 298 g/mol. The zero-order chi connectivity index (χ0) is 16.1. The highest BCUT2D eigenvalue weighted by Crippen LogP contribution is 2.26. The van der Waals surface area contributed by atoms with Crippen LogP contribution in [-0.2, 0) is 0 Å². The van der Waals surface area contributed by atoms with Crippen molar-refractivity contribution in [2.24, 2.45) is 0 Å². The van der Waals surface area contributed by atoms with Gasteiger partial charge >= 0.3 is 0 Å². The van der Waals surface area contributed by atoms with E-state index >= 15 is 0 Å². The van der Waals surface area contributed by atoms with E-state index in [1.807, 2.05) is 49.5 Å². The molecule has 0 unspecified atom stereocenters. The normalized spacial score (nSPS) is 10.2. The molecule has 2 rings (SSSR count). The first kappa shape index (κ1) is 16.2. The monoisotopic (exact) mass is 317 g/mol. The van der Waals surface area contributed by atoms with E-state index in [4.69, 9.17) is 4.74 Å². The third-order valence-corrected chi connectivity index (χ3v) is 3.84. The molecule has 1 aromatic heterocycles. The third kappa shape index (κ3) is 3.71. The Bertz CT molecular complexity index is 657. The van der Waals surface area contributed by atoms with Crippen LogP contribution in [0.4, 0.5) is 11.5 Å². The van der Waals surface area contributed by atoms with Gasteiger partial charge in [0, 0.05) is 19.0 Å². The number of aromatic nitrogens is 1. The molecule has 0 radical (unpaired) electrons. The van der Waals surface area contributed by atoms with Crippen LogP contribution in [0.3, 0.4) is 0 Å². The number of carbonyl (C=O) groups excluding carboxylic acids is 1. The molecular formula is C16H19N3O2S. The van der Waals surface area contributed by atoms with Crippen LogP contribution >= 0.6 is 11.8 Å². The molecule has 1 amide bonds. The summed E-state index contributed by atoms with van der Waals surface area (Å²) in [5.41, 5.74) is 1.14. The lowest BCUT2D eigenvalue weighted by molar-refractivity contribution is 0.102. The molecule has 5 nitrogen and oxygen atoms in total.